The second-order valence-electron chi connectivity index (χ2n) is 5.78. The van der Waals surface area contributed by atoms with Gasteiger partial charge in [-0.1, -0.05) is 17.8 Å². The zero-order valence-corrected chi connectivity index (χ0v) is 17.8. The lowest BCUT2D eigenvalue weighted by molar-refractivity contribution is -0.150. The zero-order chi connectivity index (χ0) is 23.5. The molecule has 1 saturated heterocycles. The standard InChI is InChI=1S/C14H13N5O5S2.H3O4P/c1-2-5-3-25-12-8(11(21)19(12)9(5)13(22)23)17-10(20)7(18-24)6-4-26-14(15)16-6;1-5(2,3)4/h2,4,8,12,24H,1,3H2,(H2,15,16)(H,17,20)(H,22,23);(H3,1,2,3,4)/b18-7-;/t8?,12-;/m1./s1. The van der Waals surface area contributed by atoms with Crippen LogP contribution in [-0.4, -0.2) is 75.5 Å². The van der Waals surface area contributed by atoms with Crippen molar-refractivity contribution in [3.05, 3.63) is 35.0 Å². The number of nitrogen functional groups attached to an aromatic ring is 1. The fourth-order valence-corrected chi connectivity index (χ4v) is 4.51. The summed E-state index contributed by atoms with van der Waals surface area (Å²) in [5.41, 5.74) is 5.49. The number of nitrogens with two attached hydrogens (primary N) is 1. The number of β-lactam (4-membered cyclic amide) rings is 1. The molecule has 14 nitrogen and oxygen atoms in total. The summed E-state index contributed by atoms with van der Waals surface area (Å²) in [5.74, 6) is -2.27. The van der Waals surface area contributed by atoms with Crippen molar-refractivity contribution in [2.45, 2.75) is 11.4 Å². The van der Waals surface area contributed by atoms with Crippen molar-refractivity contribution in [1.29, 1.82) is 0 Å². The number of hydrogen-bond acceptors (Lipinski definition) is 10. The van der Waals surface area contributed by atoms with Crippen molar-refractivity contribution in [3.63, 3.8) is 0 Å². The lowest BCUT2D eigenvalue weighted by Crippen LogP contribution is -2.71. The summed E-state index contributed by atoms with van der Waals surface area (Å²) >= 11 is 2.37. The first-order valence-corrected chi connectivity index (χ1v) is 11.4. The minimum atomic E-state index is -4.64. The number of carboxylic acid groups (broad SMARTS) is 1. The topological polar surface area (TPSA) is 236 Å². The number of carbonyl (C=O) groups is 3. The van der Waals surface area contributed by atoms with Crippen LogP contribution in [0.3, 0.4) is 0 Å². The van der Waals surface area contributed by atoms with Crippen molar-refractivity contribution in [1.82, 2.24) is 15.2 Å². The molecule has 3 heterocycles. The number of oxime groups is 1. The van der Waals surface area contributed by atoms with Crippen LogP contribution in [0.1, 0.15) is 5.69 Å². The summed E-state index contributed by atoms with van der Waals surface area (Å²) in [5, 5.41) is 24.9. The third-order valence-corrected chi connectivity index (χ3v) is 5.79. The first-order chi connectivity index (χ1) is 14.4. The molecule has 2 aliphatic heterocycles. The van der Waals surface area contributed by atoms with Gasteiger partial charge in [-0.3, -0.25) is 14.5 Å². The number of hydrogen-bond donors (Lipinski definition) is 7. The third kappa shape index (κ3) is 5.69. The highest BCUT2D eigenvalue weighted by atomic mass is 32.2. The number of rotatable bonds is 5. The zero-order valence-electron chi connectivity index (χ0n) is 15.3. The molecule has 1 unspecified atom stereocenters. The summed E-state index contributed by atoms with van der Waals surface area (Å²) in [7, 11) is -4.64. The quantitative estimate of drug-likeness (QED) is 0.0851. The summed E-state index contributed by atoms with van der Waals surface area (Å²) < 4.78 is 8.88. The van der Waals surface area contributed by atoms with Gasteiger partial charge in [0.25, 0.3) is 11.8 Å². The Hall–Kier alpha value is -2.75. The average Bonchev–Trinajstić information content (AvgIpc) is 3.09. The molecule has 0 saturated carbocycles. The largest absolute Gasteiger partial charge is 0.477 e. The van der Waals surface area contributed by atoms with Gasteiger partial charge in [0.15, 0.2) is 10.8 Å². The maximum atomic E-state index is 12.4. The molecule has 0 spiro atoms. The van der Waals surface area contributed by atoms with Crippen LogP contribution >= 0.6 is 30.9 Å². The van der Waals surface area contributed by atoms with E-state index in [9.17, 15) is 19.5 Å². The molecule has 2 aliphatic rings. The number of aromatic nitrogens is 1. The van der Waals surface area contributed by atoms with E-state index >= 15 is 0 Å². The molecular formula is C14H16N5O9PS2. The number of thioether (sulfide) groups is 1. The molecule has 0 aromatic carbocycles. The molecule has 0 bridgehead atoms. The predicted molar refractivity (Wildman–Crippen MR) is 109 cm³/mol. The van der Waals surface area contributed by atoms with Gasteiger partial charge in [0.2, 0.25) is 0 Å². The monoisotopic (exact) mass is 493 g/mol. The van der Waals surface area contributed by atoms with Gasteiger partial charge in [-0.2, -0.15) is 0 Å². The number of phosphoric acid groups is 1. The number of anilines is 1. The van der Waals surface area contributed by atoms with E-state index in [1.165, 1.54) is 23.2 Å². The Kier molecular flexibility index (Phi) is 7.58. The number of fused-ring (bicyclic) bond motifs is 1. The van der Waals surface area contributed by atoms with E-state index in [1.54, 1.807) is 0 Å². The van der Waals surface area contributed by atoms with Crippen molar-refractivity contribution < 1.29 is 43.9 Å². The summed E-state index contributed by atoms with van der Waals surface area (Å²) in [6, 6.07) is -0.944. The van der Waals surface area contributed by atoms with E-state index < -0.39 is 37.0 Å². The molecule has 1 aromatic rings. The third-order valence-electron chi connectivity index (χ3n) is 3.81. The SMILES string of the molecule is C=CC1=C(C(=O)O)N2C(=O)C(NC(=O)/C(=N\O)c3csc(N)n3)[C@H]2SC1.O=P(O)(O)O. The van der Waals surface area contributed by atoms with Crippen LogP contribution in [-0.2, 0) is 18.9 Å². The summed E-state index contributed by atoms with van der Waals surface area (Å²) in [6.07, 6.45) is 1.40. The summed E-state index contributed by atoms with van der Waals surface area (Å²) in [6.45, 7) is 3.56. The van der Waals surface area contributed by atoms with Crippen LogP contribution in [0, 0.1) is 0 Å². The maximum absolute atomic E-state index is 12.4. The predicted octanol–water partition coefficient (Wildman–Crippen LogP) is -1.10. The number of thiazole rings is 1. The summed E-state index contributed by atoms with van der Waals surface area (Å²) in [4.78, 5) is 62.7. The Morgan fingerprint density at radius 1 is 1.42 bits per heavy atom. The van der Waals surface area contributed by atoms with E-state index in [1.807, 2.05) is 0 Å². The Morgan fingerprint density at radius 2 is 2.03 bits per heavy atom. The molecule has 17 heteroatoms. The first-order valence-electron chi connectivity index (χ1n) is 7.95. The van der Waals surface area contributed by atoms with Crippen LogP contribution in [0.15, 0.2) is 34.5 Å². The fourth-order valence-electron chi connectivity index (χ4n) is 2.62. The Bertz CT molecular complexity index is 1020. The highest BCUT2D eigenvalue weighted by Crippen LogP contribution is 2.40. The number of carboxylic acids is 1. The molecule has 2 atom stereocenters. The van der Waals surface area contributed by atoms with Gasteiger partial charge in [0.05, 0.1) is 0 Å². The Morgan fingerprint density at radius 3 is 2.48 bits per heavy atom. The molecule has 168 valence electrons. The molecule has 8 N–H and O–H groups in total. The van der Waals surface area contributed by atoms with Crippen molar-refractivity contribution >= 4 is 59.5 Å². The molecule has 2 amide bonds. The van der Waals surface area contributed by atoms with Gasteiger partial charge in [-0.25, -0.2) is 14.3 Å². The van der Waals surface area contributed by atoms with Crippen LogP contribution in [0.25, 0.3) is 0 Å². The normalized spacial score (nSPS) is 20.8. The second-order valence-corrected chi connectivity index (χ2v) is 8.80. The van der Waals surface area contributed by atoms with Crippen LogP contribution < -0.4 is 11.1 Å². The van der Waals surface area contributed by atoms with E-state index in [0.717, 1.165) is 16.2 Å². The van der Waals surface area contributed by atoms with E-state index in [4.69, 9.17) is 30.2 Å². The number of carbonyl (C=O) groups excluding carboxylic acids is 2. The number of amides is 2. The molecule has 1 fully saturated rings. The average molecular weight is 493 g/mol. The van der Waals surface area contributed by atoms with Crippen molar-refractivity contribution in [2.24, 2.45) is 5.16 Å². The lowest BCUT2D eigenvalue weighted by Gasteiger charge is -2.49. The van der Waals surface area contributed by atoms with Crippen LogP contribution in [0.5, 0.6) is 0 Å². The first kappa shape index (κ1) is 24.5. The molecule has 0 aliphatic carbocycles. The highest BCUT2D eigenvalue weighted by molar-refractivity contribution is 8.00. The number of nitrogens with one attached hydrogen (secondary N) is 1. The van der Waals surface area contributed by atoms with Crippen molar-refractivity contribution in [3.8, 4) is 0 Å². The molecule has 0 radical (unpaired) electrons. The molecule has 31 heavy (non-hydrogen) atoms. The second kappa shape index (κ2) is 9.59. The number of allylic oxidation sites excluding steroid dienone is 1. The maximum Gasteiger partial charge on any atom is 0.466 e. The minimum absolute atomic E-state index is 0.0764. The van der Waals surface area contributed by atoms with Gasteiger partial charge < -0.3 is 36.0 Å². The van der Waals surface area contributed by atoms with E-state index in [0.29, 0.717) is 11.3 Å². The van der Waals surface area contributed by atoms with Gasteiger partial charge in [0.1, 0.15) is 22.8 Å². The minimum Gasteiger partial charge on any atom is -0.477 e. The van der Waals surface area contributed by atoms with Crippen molar-refractivity contribution in [2.75, 3.05) is 11.5 Å². The van der Waals surface area contributed by atoms with Gasteiger partial charge in [-0.05, 0) is 5.57 Å². The molecular weight excluding hydrogens is 477 g/mol. The highest BCUT2D eigenvalue weighted by Gasteiger charge is 2.54. The Balaban J connectivity index is 0.000000614. The number of nitrogens with zero attached hydrogens (tertiary/aromatic N) is 3. The van der Waals surface area contributed by atoms with Crippen LogP contribution in [0.4, 0.5) is 5.13 Å². The Labute approximate surface area is 182 Å². The van der Waals surface area contributed by atoms with Gasteiger partial charge >= 0.3 is 13.8 Å². The van der Waals surface area contributed by atoms with Gasteiger partial charge in [-0.15, -0.1) is 23.1 Å². The smallest absolute Gasteiger partial charge is 0.466 e. The molecule has 3 rings (SSSR count). The fraction of sp³-hybridized carbons (Fsp3) is 0.214. The van der Waals surface area contributed by atoms with Crippen LogP contribution in [0.2, 0.25) is 0 Å². The molecule has 1 aromatic heterocycles. The lowest BCUT2D eigenvalue weighted by atomic mass is 10.0. The number of aliphatic carboxylic acids is 1. The van der Waals surface area contributed by atoms with E-state index in [-0.39, 0.29) is 22.2 Å². The van der Waals surface area contributed by atoms with E-state index in [2.05, 4.69) is 22.0 Å². The van der Waals surface area contributed by atoms with Gasteiger partial charge in [0, 0.05) is 11.1 Å².